The van der Waals surface area contributed by atoms with E-state index in [1.165, 1.54) is 0 Å². The van der Waals surface area contributed by atoms with Crippen LogP contribution in [0.2, 0.25) is 0 Å². The zero-order valence-electron chi connectivity index (χ0n) is 24.0. The van der Waals surface area contributed by atoms with E-state index in [1.807, 2.05) is 80.6 Å². The number of aliphatic carboxylic acids is 1. The van der Waals surface area contributed by atoms with E-state index in [0.29, 0.717) is 6.42 Å². The number of amides is 3. The molecular formula is C33H40N4O5. The largest absolute Gasteiger partial charge is 0.480 e. The van der Waals surface area contributed by atoms with Gasteiger partial charge in [0.25, 0.3) is 0 Å². The fourth-order valence-corrected chi connectivity index (χ4v) is 4.61. The van der Waals surface area contributed by atoms with Crippen LogP contribution in [0.5, 0.6) is 0 Å². The Morgan fingerprint density at radius 2 is 0.929 bits per heavy atom. The van der Waals surface area contributed by atoms with E-state index in [0.717, 1.165) is 16.7 Å². The molecule has 4 unspecified atom stereocenters. The summed E-state index contributed by atoms with van der Waals surface area (Å²) in [6.45, 7) is 3.91. The summed E-state index contributed by atoms with van der Waals surface area (Å²) in [5.41, 5.74) is 8.43. The molecule has 0 fully saturated rings. The number of hydrogen-bond acceptors (Lipinski definition) is 5. The first-order valence-corrected chi connectivity index (χ1v) is 14.1. The van der Waals surface area contributed by atoms with Crippen molar-refractivity contribution < 1.29 is 24.3 Å². The second-order valence-corrected chi connectivity index (χ2v) is 10.8. The van der Waals surface area contributed by atoms with Gasteiger partial charge in [-0.3, -0.25) is 14.4 Å². The van der Waals surface area contributed by atoms with Gasteiger partial charge in [-0.25, -0.2) is 4.79 Å². The van der Waals surface area contributed by atoms with Gasteiger partial charge in [0.05, 0.1) is 6.04 Å². The summed E-state index contributed by atoms with van der Waals surface area (Å²) in [4.78, 5) is 52.2. The van der Waals surface area contributed by atoms with E-state index in [1.54, 1.807) is 24.3 Å². The van der Waals surface area contributed by atoms with Crippen LogP contribution in [0.15, 0.2) is 91.0 Å². The van der Waals surface area contributed by atoms with Crippen molar-refractivity contribution in [3.05, 3.63) is 108 Å². The lowest BCUT2D eigenvalue weighted by atomic mass is 10.00. The predicted molar refractivity (Wildman–Crippen MR) is 161 cm³/mol. The summed E-state index contributed by atoms with van der Waals surface area (Å²) in [6.07, 6.45) is 0.823. The molecule has 0 aliphatic rings. The number of carbonyl (C=O) groups excluding carboxylic acids is 3. The van der Waals surface area contributed by atoms with Crippen LogP contribution in [0, 0.1) is 5.92 Å². The zero-order chi connectivity index (χ0) is 30.5. The number of benzene rings is 3. The summed E-state index contributed by atoms with van der Waals surface area (Å²) < 4.78 is 0. The molecule has 3 rings (SSSR count). The molecule has 0 saturated carbocycles. The average Bonchev–Trinajstić information content (AvgIpc) is 2.97. The van der Waals surface area contributed by atoms with Crippen molar-refractivity contribution in [3.8, 4) is 0 Å². The van der Waals surface area contributed by atoms with Crippen LogP contribution in [-0.4, -0.2) is 53.0 Å². The number of nitrogens with two attached hydrogens (primary N) is 1. The van der Waals surface area contributed by atoms with Crippen LogP contribution in [0.1, 0.15) is 37.0 Å². The molecule has 3 aromatic carbocycles. The van der Waals surface area contributed by atoms with Gasteiger partial charge in [0, 0.05) is 19.3 Å². The molecule has 3 amide bonds. The van der Waals surface area contributed by atoms with Crippen molar-refractivity contribution in [1.82, 2.24) is 16.0 Å². The molecule has 9 heteroatoms. The van der Waals surface area contributed by atoms with Gasteiger partial charge in [0.15, 0.2) is 0 Å². The molecule has 6 N–H and O–H groups in total. The van der Waals surface area contributed by atoms with Crippen LogP contribution in [0.3, 0.4) is 0 Å². The first kappa shape index (κ1) is 32.0. The summed E-state index contributed by atoms with van der Waals surface area (Å²) >= 11 is 0. The zero-order valence-corrected chi connectivity index (χ0v) is 24.0. The van der Waals surface area contributed by atoms with Crippen molar-refractivity contribution in [1.29, 1.82) is 0 Å². The Kier molecular flexibility index (Phi) is 12.3. The van der Waals surface area contributed by atoms with E-state index >= 15 is 0 Å². The Morgan fingerprint density at radius 3 is 1.29 bits per heavy atom. The highest BCUT2D eigenvalue weighted by Crippen LogP contribution is 2.10. The Balaban J connectivity index is 1.83. The number of nitrogens with one attached hydrogen (secondary N) is 3. The molecule has 0 aromatic heterocycles. The monoisotopic (exact) mass is 572 g/mol. The third-order valence-corrected chi connectivity index (χ3v) is 6.79. The van der Waals surface area contributed by atoms with Gasteiger partial charge in [-0.1, -0.05) is 105 Å². The predicted octanol–water partition coefficient (Wildman–Crippen LogP) is 2.63. The van der Waals surface area contributed by atoms with Gasteiger partial charge in [-0.05, 0) is 29.0 Å². The third-order valence-electron chi connectivity index (χ3n) is 6.79. The molecule has 0 bridgehead atoms. The average molecular weight is 573 g/mol. The number of carbonyl (C=O) groups is 4. The number of carboxylic acids is 1. The molecule has 3 aromatic rings. The lowest BCUT2D eigenvalue weighted by molar-refractivity contribution is -0.142. The molecule has 0 aliphatic carbocycles. The summed E-state index contributed by atoms with van der Waals surface area (Å²) in [6, 6.07) is 23.2. The first-order chi connectivity index (χ1) is 20.1. The van der Waals surface area contributed by atoms with Crippen LogP contribution >= 0.6 is 0 Å². The molecule has 0 saturated heterocycles. The van der Waals surface area contributed by atoms with Crippen LogP contribution in [0.4, 0.5) is 0 Å². The quantitative estimate of drug-likeness (QED) is 0.189. The third kappa shape index (κ3) is 10.5. The van der Waals surface area contributed by atoms with Crippen molar-refractivity contribution in [2.75, 3.05) is 0 Å². The molecule has 0 aliphatic heterocycles. The van der Waals surface area contributed by atoms with E-state index in [4.69, 9.17) is 5.73 Å². The molecule has 42 heavy (non-hydrogen) atoms. The van der Waals surface area contributed by atoms with E-state index in [-0.39, 0.29) is 25.2 Å². The van der Waals surface area contributed by atoms with Crippen molar-refractivity contribution in [2.45, 2.75) is 63.7 Å². The highest BCUT2D eigenvalue weighted by molar-refractivity contribution is 5.94. The number of hydrogen-bond donors (Lipinski definition) is 5. The molecule has 9 nitrogen and oxygen atoms in total. The van der Waals surface area contributed by atoms with Crippen LogP contribution < -0.4 is 21.7 Å². The van der Waals surface area contributed by atoms with E-state index < -0.39 is 47.9 Å². The van der Waals surface area contributed by atoms with Crippen LogP contribution in [-0.2, 0) is 38.4 Å². The number of rotatable bonds is 15. The number of carboxylic acid groups (broad SMARTS) is 1. The van der Waals surface area contributed by atoms with Gasteiger partial charge < -0.3 is 26.8 Å². The normalized spacial score (nSPS) is 13.8. The second kappa shape index (κ2) is 16.1. The summed E-state index contributed by atoms with van der Waals surface area (Å²) in [5, 5.41) is 18.0. The molecular weight excluding hydrogens is 532 g/mol. The minimum absolute atomic E-state index is 0.0777. The standard InChI is InChI=1S/C33H40N4O5/c1-22(2)18-26(34)30(38)35-27(19-23-12-6-3-7-13-23)31(39)36-28(20-24-14-8-4-9-15-24)32(40)37-29(33(41)42)21-25-16-10-5-11-17-25/h3-17,22,26-29H,18-21,34H2,1-2H3,(H,35,38)(H,36,39)(H,37,40)(H,41,42). The summed E-state index contributed by atoms with van der Waals surface area (Å²) in [5.74, 6) is -2.68. The van der Waals surface area contributed by atoms with Crippen LogP contribution in [0.25, 0.3) is 0 Å². The molecule has 0 spiro atoms. The van der Waals surface area contributed by atoms with Gasteiger partial charge in [0.2, 0.25) is 17.7 Å². The van der Waals surface area contributed by atoms with Gasteiger partial charge >= 0.3 is 5.97 Å². The Labute approximate surface area is 246 Å². The minimum atomic E-state index is -1.20. The smallest absolute Gasteiger partial charge is 0.326 e. The lowest BCUT2D eigenvalue weighted by Crippen LogP contribution is -2.58. The molecule has 0 heterocycles. The fourth-order valence-electron chi connectivity index (χ4n) is 4.61. The van der Waals surface area contributed by atoms with Crippen molar-refractivity contribution in [3.63, 3.8) is 0 Å². The minimum Gasteiger partial charge on any atom is -0.480 e. The Hall–Kier alpha value is -4.50. The maximum Gasteiger partial charge on any atom is 0.326 e. The van der Waals surface area contributed by atoms with E-state index in [9.17, 15) is 24.3 Å². The Morgan fingerprint density at radius 1 is 0.595 bits per heavy atom. The first-order valence-electron chi connectivity index (χ1n) is 14.1. The maximum atomic E-state index is 13.7. The van der Waals surface area contributed by atoms with Gasteiger partial charge in [0.1, 0.15) is 18.1 Å². The molecule has 222 valence electrons. The molecule has 4 atom stereocenters. The maximum absolute atomic E-state index is 13.7. The molecule has 0 radical (unpaired) electrons. The van der Waals surface area contributed by atoms with Crippen molar-refractivity contribution >= 4 is 23.7 Å². The topological polar surface area (TPSA) is 151 Å². The van der Waals surface area contributed by atoms with E-state index in [2.05, 4.69) is 16.0 Å². The fraction of sp³-hybridized carbons (Fsp3) is 0.333. The second-order valence-electron chi connectivity index (χ2n) is 10.8. The highest BCUT2D eigenvalue weighted by Gasteiger charge is 2.31. The SMILES string of the molecule is CC(C)CC(N)C(=O)NC(Cc1ccccc1)C(=O)NC(Cc1ccccc1)C(=O)NC(Cc1ccccc1)C(=O)O. The Bertz CT molecular complexity index is 1300. The summed E-state index contributed by atoms with van der Waals surface area (Å²) in [7, 11) is 0. The van der Waals surface area contributed by atoms with Gasteiger partial charge in [-0.2, -0.15) is 0 Å². The highest BCUT2D eigenvalue weighted by atomic mass is 16.4. The van der Waals surface area contributed by atoms with Crippen molar-refractivity contribution in [2.24, 2.45) is 11.7 Å². The van der Waals surface area contributed by atoms with Gasteiger partial charge in [-0.15, -0.1) is 0 Å². The lowest BCUT2D eigenvalue weighted by Gasteiger charge is -2.26.